The zero-order valence-corrected chi connectivity index (χ0v) is 14.6. The molecule has 6 nitrogen and oxygen atoms in total. The van der Waals surface area contributed by atoms with E-state index in [0.717, 1.165) is 9.13 Å². The molecule has 3 aromatic rings. The van der Waals surface area contributed by atoms with E-state index in [9.17, 15) is 10.1 Å². The van der Waals surface area contributed by atoms with Crippen LogP contribution in [0.3, 0.4) is 0 Å². The first kappa shape index (κ1) is 16.3. The van der Waals surface area contributed by atoms with Crippen LogP contribution in [0.25, 0.3) is 0 Å². The van der Waals surface area contributed by atoms with Gasteiger partial charge in [-0.3, -0.25) is 10.1 Å². The first-order valence-electron chi connectivity index (χ1n) is 7.09. The molecule has 0 atom stereocenters. The average Bonchev–Trinajstić information content (AvgIpc) is 2.58. The summed E-state index contributed by atoms with van der Waals surface area (Å²) in [5.41, 5.74) is 1.07. The summed E-state index contributed by atoms with van der Waals surface area (Å²) >= 11 is 2.06. The smallest absolute Gasteiger partial charge is 0.273 e. The van der Waals surface area contributed by atoms with Crippen molar-refractivity contribution in [1.82, 2.24) is 9.97 Å². The van der Waals surface area contributed by atoms with E-state index in [2.05, 4.69) is 32.6 Å². The van der Waals surface area contributed by atoms with Gasteiger partial charge >= 0.3 is 0 Å². The number of benzene rings is 2. The molecule has 7 heteroatoms. The zero-order valence-electron chi connectivity index (χ0n) is 12.4. The molecule has 0 amide bonds. The molecule has 3 rings (SSSR count). The first-order valence-corrected chi connectivity index (χ1v) is 8.17. The minimum absolute atomic E-state index is 0.0241. The molecule has 24 heavy (non-hydrogen) atoms. The maximum Gasteiger partial charge on any atom is 0.273 e. The number of nitro groups is 1. The van der Waals surface area contributed by atoms with Crippen LogP contribution in [-0.2, 0) is 6.42 Å². The lowest BCUT2D eigenvalue weighted by Gasteiger charge is -2.08. The van der Waals surface area contributed by atoms with Crippen LogP contribution in [0.2, 0.25) is 0 Å². The van der Waals surface area contributed by atoms with Crippen molar-refractivity contribution >= 4 is 28.3 Å². The molecule has 2 aromatic carbocycles. The summed E-state index contributed by atoms with van der Waals surface area (Å²) in [4.78, 5) is 19.1. The number of hydrogen-bond donors (Lipinski definition) is 0. The van der Waals surface area contributed by atoms with Crippen molar-refractivity contribution in [3.05, 3.63) is 85.9 Å². The fourth-order valence-electron chi connectivity index (χ4n) is 2.10. The van der Waals surface area contributed by atoms with Crippen molar-refractivity contribution in [3.63, 3.8) is 0 Å². The predicted octanol–water partition coefficient (Wildman–Crippen LogP) is 4.37. The number of halogens is 1. The maximum atomic E-state index is 10.9. The van der Waals surface area contributed by atoms with Crippen molar-refractivity contribution in [2.45, 2.75) is 6.42 Å². The van der Waals surface area contributed by atoms with Crippen LogP contribution < -0.4 is 4.74 Å². The number of non-ortho nitro benzene ring substituents is 1. The Morgan fingerprint density at radius 3 is 2.67 bits per heavy atom. The van der Waals surface area contributed by atoms with E-state index in [1.54, 1.807) is 18.3 Å². The predicted molar refractivity (Wildman–Crippen MR) is 97.2 cm³/mol. The van der Waals surface area contributed by atoms with Gasteiger partial charge in [-0.25, -0.2) is 4.98 Å². The highest BCUT2D eigenvalue weighted by atomic mass is 127. The van der Waals surface area contributed by atoms with Crippen molar-refractivity contribution in [3.8, 4) is 11.6 Å². The Balaban J connectivity index is 1.82. The SMILES string of the molecule is O=[N+]([O-])c1ccc(I)c(Oc2ccnc(Cc3ccccc3)n2)c1. The van der Waals surface area contributed by atoms with E-state index in [0.29, 0.717) is 23.9 Å². The molecule has 0 N–H and O–H groups in total. The van der Waals surface area contributed by atoms with Crippen molar-refractivity contribution in [1.29, 1.82) is 0 Å². The number of ether oxygens (including phenoxy) is 1. The quantitative estimate of drug-likeness (QED) is 0.339. The molecule has 1 aromatic heterocycles. The summed E-state index contributed by atoms with van der Waals surface area (Å²) in [6, 6.07) is 16.0. The number of nitrogens with zero attached hydrogens (tertiary/aromatic N) is 3. The Labute approximate surface area is 151 Å². The molecule has 0 aliphatic carbocycles. The molecule has 0 fully saturated rings. The molecule has 0 aliphatic rings. The van der Waals surface area contributed by atoms with Gasteiger partial charge in [-0.2, -0.15) is 4.98 Å². The molecule has 0 unspecified atom stereocenters. The van der Waals surface area contributed by atoms with Gasteiger partial charge in [0.2, 0.25) is 5.88 Å². The molecular formula is C17H12IN3O3. The van der Waals surface area contributed by atoms with Gasteiger partial charge in [-0.1, -0.05) is 30.3 Å². The Bertz CT molecular complexity index is 872. The van der Waals surface area contributed by atoms with Gasteiger partial charge in [0.1, 0.15) is 11.6 Å². The topological polar surface area (TPSA) is 78.2 Å². The van der Waals surface area contributed by atoms with Crippen LogP contribution >= 0.6 is 22.6 Å². The Kier molecular flexibility index (Phi) is 4.99. The number of hydrogen-bond acceptors (Lipinski definition) is 5. The molecule has 0 saturated heterocycles. The van der Waals surface area contributed by atoms with E-state index in [4.69, 9.17) is 4.74 Å². The summed E-state index contributed by atoms with van der Waals surface area (Å²) in [5.74, 6) is 1.38. The van der Waals surface area contributed by atoms with Crippen LogP contribution in [0, 0.1) is 13.7 Å². The Hall–Kier alpha value is -2.55. The fourth-order valence-corrected chi connectivity index (χ4v) is 2.54. The highest BCUT2D eigenvalue weighted by molar-refractivity contribution is 14.1. The molecule has 120 valence electrons. The third-order valence-electron chi connectivity index (χ3n) is 3.23. The minimum Gasteiger partial charge on any atom is -0.438 e. The van der Waals surface area contributed by atoms with E-state index in [-0.39, 0.29) is 5.69 Å². The summed E-state index contributed by atoms with van der Waals surface area (Å²) in [7, 11) is 0. The van der Waals surface area contributed by atoms with Crippen LogP contribution in [0.1, 0.15) is 11.4 Å². The van der Waals surface area contributed by atoms with Crippen LogP contribution in [0.5, 0.6) is 11.6 Å². The molecule has 0 saturated carbocycles. The van der Waals surface area contributed by atoms with Crippen molar-refractivity contribution in [2.24, 2.45) is 0 Å². The van der Waals surface area contributed by atoms with Gasteiger partial charge in [-0.05, 0) is 34.2 Å². The Morgan fingerprint density at radius 2 is 1.92 bits per heavy atom. The average molecular weight is 433 g/mol. The van der Waals surface area contributed by atoms with E-state index < -0.39 is 4.92 Å². The lowest BCUT2D eigenvalue weighted by atomic mass is 10.1. The van der Waals surface area contributed by atoms with E-state index >= 15 is 0 Å². The van der Waals surface area contributed by atoms with Gasteiger partial charge in [0.15, 0.2) is 0 Å². The monoisotopic (exact) mass is 433 g/mol. The first-order chi connectivity index (χ1) is 11.6. The highest BCUT2D eigenvalue weighted by Gasteiger charge is 2.12. The molecular weight excluding hydrogens is 421 g/mol. The van der Waals surface area contributed by atoms with Gasteiger partial charge in [0, 0.05) is 24.8 Å². The number of aromatic nitrogens is 2. The minimum atomic E-state index is -0.455. The zero-order chi connectivity index (χ0) is 16.9. The summed E-state index contributed by atoms with van der Waals surface area (Å²) in [5, 5.41) is 10.9. The molecule has 0 radical (unpaired) electrons. The molecule has 0 spiro atoms. The van der Waals surface area contributed by atoms with Crippen molar-refractivity contribution in [2.75, 3.05) is 0 Å². The van der Waals surface area contributed by atoms with Gasteiger partial charge in [-0.15, -0.1) is 0 Å². The third kappa shape index (κ3) is 4.05. The molecule has 1 heterocycles. The third-order valence-corrected chi connectivity index (χ3v) is 4.12. The fraction of sp³-hybridized carbons (Fsp3) is 0.0588. The summed E-state index contributed by atoms with van der Waals surface area (Å²) in [6.45, 7) is 0. The number of rotatable bonds is 5. The molecule has 0 aliphatic heterocycles. The van der Waals surface area contributed by atoms with Gasteiger partial charge in [0.05, 0.1) is 14.6 Å². The standard InChI is InChI=1S/C17H12IN3O3/c18-14-7-6-13(21(22)23)11-15(14)24-17-8-9-19-16(20-17)10-12-4-2-1-3-5-12/h1-9,11H,10H2. The number of nitro benzene ring substituents is 1. The summed E-state index contributed by atoms with van der Waals surface area (Å²) in [6.07, 6.45) is 2.20. The highest BCUT2D eigenvalue weighted by Crippen LogP contribution is 2.29. The second-order valence-corrected chi connectivity index (χ2v) is 6.11. The van der Waals surface area contributed by atoms with E-state index in [1.165, 1.54) is 12.1 Å². The van der Waals surface area contributed by atoms with Crippen LogP contribution in [-0.4, -0.2) is 14.9 Å². The second-order valence-electron chi connectivity index (χ2n) is 4.95. The second kappa shape index (κ2) is 7.35. The van der Waals surface area contributed by atoms with Gasteiger partial charge in [0.25, 0.3) is 5.69 Å². The lowest BCUT2D eigenvalue weighted by molar-refractivity contribution is -0.384. The van der Waals surface area contributed by atoms with E-state index in [1.807, 2.05) is 30.3 Å². The summed E-state index contributed by atoms with van der Waals surface area (Å²) < 4.78 is 6.48. The van der Waals surface area contributed by atoms with Crippen LogP contribution in [0.4, 0.5) is 5.69 Å². The van der Waals surface area contributed by atoms with Crippen LogP contribution in [0.15, 0.2) is 60.8 Å². The normalized spacial score (nSPS) is 10.4. The maximum absolute atomic E-state index is 10.9. The largest absolute Gasteiger partial charge is 0.438 e. The van der Waals surface area contributed by atoms with Gasteiger partial charge < -0.3 is 4.74 Å². The Morgan fingerprint density at radius 1 is 1.12 bits per heavy atom. The molecule has 0 bridgehead atoms. The lowest BCUT2D eigenvalue weighted by Crippen LogP contribution is -1.99. The van der Waals surface area contributed by atoms with Crippen molar-refractivity contribution < 1.29 is 9.66 Å².